The smallest absolute Gasteiger partial charge is 0.193 e. The number of hydrogen-bond acceptors (Lipinski definition) is 2. The molecule has 1 atom stereocenters. The van der Waals surface area contributed by atoms with E-state index in [1.54, 1.807) is 0 Å². The molecule has 2 fully saturated rings. The van der Waals surface area contributed by atoms with Crippen LogP contribution < -0.4 is 10.2 Å². The molecule has 1 N–H and O–H groups in total. The highest BCUT2D eigenvalue weighted by molar-refractivity contribution is 14.0. The highest BCUT2D eigenvalue weighted by atomic mass is 127. The SMILES string of the molecule is CN=C(NCC(C)N(C)c1ccccc1)N1CCC2(CCC2)C1.I. The van der Waals surface area contributed by atoms with Crippen LogP contribution in [-0.2, 0) is 0 Å². The van der Waals surface area contributed by atoms with E-state index in [4.69, 9.17) is 0 Å². The lowest BCUT2D eigenvalue weighted by Crippen LogP contribution is -2.47. The van der Waals surface area contributed by atoms with Gasteiger partial charge in [0.2, 0.25) is 0 Å². The van der Waals surface area contributed by atoms with Crippen molar-refractivity contribution in [2.24, 2.45) is 10.4 Å². The van der Waals surface area contributed by atoms with E-state index in [9.17, 15) is 0 Å². The van der Waals surface area contributed by atoms with Gasteiger partial charge in [0, 0.05) is 45.5 Å². The highest BCUT2D eigenvalue weighted by Gasteiger charge is 2.43. The van der Waals surface area contributed by atoms with E-state index in [2.05, 4.69) is 64.4 Å². The average Bonchev–Trinajstić information content (AvgIpc) is 3.01. The van der Waals surface area contributed by atoms with Gasteiger partial charge in [-0.25, -0.2) is 0 Å². The molecule has 1 aliphatic heterocycles. The summed E-state index contributed by atoms with van der Waals surface area (Å²) in [5.74, 6) is 1.07. The maximum Gasteiger partial charge on any atom is 0.193 e. The van der Waals surface area contributed by atoms with Gasteiger partial charge < -0.3 is 15.1 Å². The lowest BCUT2D eigenvalue weighted by molar-refractivity contribution is 0.151. The Bertz CT molecular complexity index is 542. The Morgan fingerprint density at radius 2 is 2.00 bits per heavy atom. The first kappa shape index (κ1) is 19.3. The molecule has 5 heteroatoms. The molecular weight excluding hydrogens is 411 g/mol. The number of para-hydroxylation sites is 1. The quantitative estimate of drug-likeness (QED) is 0.440. The van der Waals surface area contributed by atoms with Gasteiger partial charge in [-0.05, 0) is 43.7 Å². The Hall–Kier alpha value is -0.980. The number of hydrogen-bond donors (Lipinski definition) is 1. The fourth-order valence-corrected chi connectivity index (χ4v) is 3.83. The maximum atomic E-state index is 4.51. The van der Waals surface area contributed by atoms with Crippen molar-refractivity contribution < 1.29 is 0 Å². The van der Waals surface area contributed by atoms with Crippen molar-refractivity contribution in [3.8, 4) is 0 Å². The van der Waals surface area contributed by atoms with Crippen LogP contribution in [0.15, 0.2) is 35.3 Å². The number of nitrogens with one attached hydrogen (secondary N) is 1. The van der Waals surface area contributed by atoms with E-state index in [0.29, 0.717) is 11.5 Å². The van der Waals surface area contributed by atoms with Crippen molar-refractivity contribution in [3.05, 3.63) is 30.3 Å². The van der Waals surface area contributed by atoms with Crippen LogP contribution in [0.5, 0.6) is 0 Å². The number of aliphatic imine (C=N–C) groups is 1. The first-order valence-corrected chi connectivity index (χ1v) is 8.87. The van der Waals surface area contributed by atoms with Gasteiger partial charge in [0.1, 0.15) is 0 Å². The van der Waals surface area contributed by atoms with Crippen LogP contribution in [-0.4, -0.2) is 50.6 Å². The molecule has 3 rings (SSSR count). The minimum atomic E-state index is 0. The molecule has 24 heavy (non-hydrogen) atoms. The summed E-state index contributed by atoms with van der Waals surface area (Å²) < 4.78 is 0. The number of nitrogens with zero attached hydrogens (tertiary/aromatic N) is 3. The number of likely N-dealkylation sites (N-methyl/N-ethyl adjacent to an activating group) is 1. The van der Waals surface area contributed by atoms with E-state index < -0.39 is 0 Å². The van der Waals surface area contributed by atoms with Crippen molar-refractivity contribution in [3.63, 3.8) is 0 Å². The van der Waals surface area contributed by atoms with E-state index in [1.165, 1.54) is 37.9 Å². The minimum absolute atomic E-state index is 0. The summed E-state index contributed by atoms with van der Waals surface area (Å²) in [6.45, 7) is 5.50. The van der Waals surface area contributed by atoms with Gasteiger partial charge in [-0.3, -0.25) is 4.99 Å². The second-order valence-corrected chi connectivity index (χ2v) is 7.25. The van der Waals surface area contributed by atoms with Crippen LogP contribution in [0.3, 0.4) is 0 Å². The highest BCUT2D eigenvalue weighted by Crippen LogP contribution is 2.47. The zero-order valence-electron chi connectivity index (χ0n) is 15.2. The van der Waals surface area contributed by atoms with Gasteiger partial charge in [0.15, 0.2) is 5.96 Å². The van der Waals surface area contributed by atoms with Crippen LogP contribution in [0, 0.1) is 5.41 Å². The molecule has 1 aliphatic carbocycles. The van der Waals surface area contributed by atoms with Crippen LogP contribution in [0.2, 0.25) is 0 Å². The number of benzene rings is 1. The van der Waals surface area contributed by atoms with Gasteiger partial charge in [-0.1, -0.05) is 24.6 Å². The predicted octanol–water partition coefficient (Wildman–Crippen LogP) is 3.58. The molecule has 2 aliphatic rings. The van der Waals surface area contributed by atoms with E-state index in [0.717, 1.165) is 19.0 Å². The van der Waals surface area contributed by atoms with E-state index >= 15 is 0 Å². The molecule has 1 aromatic rings. The summed E-state index contributed by atoms with van der Waals surface area (Å²) in [7, 11) is 4.06. The van der Waals surface area contributed by atoms with Gasteiger partial charge >= 0.3 is 0 Å². The second-order valence-electron chi connectivity index (χ2n) is 7.25. The average molecular weight is 442 g/mol. The van der Waals surface area contributed by atoms with Crippen LogP contribution in [0.25, 0.3) is 0 Å². The number of halogens is 1. The molecule has 4 nitrogen and oxygen atoms in total. The largest absolute Gasteiger partial charge is 0.370 e. The zero-order valence-corrected chi connectivity index (χ0v) is 17.5. The third-order valence-electron chi connectivity index (χ3n) is 5.74. The van der Waals surface area contributed by atoms with Gasteiger partial charge in [0.25, 0.3) is 0 Å². The molecule has 1 unspecified atom stereocenters. The Balaban J connectivity index is 0.00000208. The molecule has 0 aromatic heterocycles. The zero-order chi connectivity index (χ0) is 16.3. The molecule has 1 saturated carbocycles. The summed E-state index contributed by atoms with van der Waals surface area (Å²) in [5, 5.41) is 3.58. The van der Waals surface area contributed by atoms with Crippen LogP contribution in [0.1, 0.15) is 32.6 Å². The van der Waals surface area contributed by atoms with Crippen LogP contribution in [0.4, 0.5) is 5.69 Å². The Labute approximate surface area is 163 Å². The van der Waals surface area contributed by atoms with Crippen molar-refractivity contribution in [1.29, 1.82) is 0 Å². The second kappa shape index (κ2) is 8.41. The molecule has 0 radical (unpaired) electrons. The van der Waals surface area contributed by atoms with Crippen molar-refractivity contribution in [2.45, 2.75) is 38.6 Å². The molecular formula is C19H31IN4. The summed E-state index contributed by atoms with van der Waals surface area (Å²) in [4.78, 5) is 9.28. The third-order valence-corrected chi connectivity index (χ3v) is 5.74. The van der Waals surface area contributed by atoms with Crippen molar-refractivity contribution >= 4 is 35.6 Å². The van der Waals surface area contributed by atoms with E-state index in [1.807, 2.05) is 7.05 Å². The van der Waals surface area contributed by atoms with Crippen LogP contribution >= 0.6 is 24.0 Å². The fourth-order valence-electron chi connectivity index (χ4n) is 3.83. The minimum Gasteiger partial charge on any atom is -0.370 e. The first-order chi connectivity index (χ1) is 11.1. The summed E-state index contributed by atoms with van der Waals surface area (Å²) in [5.41, 5.74) is 1.87. The van der Waals surface area contributed by atoms with Gasteiger partial charge in [0.05, 0.1) is 0 Å². The standard InChI is InChI=1S/C19H30N4.HI/c1-16(22(3)17-8-5-4-6-9-17)14-21-18(20-2)23-13-12-19(15-23)10-7-11-19;/h4-6,8-9,16H,7,10-15H2,1-3H3,(H,20,21);1H. The molecule has 0 bridgehead atoms. The summed E-state index contributed by atoms with van der Waals surface area (Å²) >= 11 is 0. The van der Waals surface area contributed by atoms with Crippen molar-refractivity contribution in [2.75, 3.05) is 38.6 Å². The number of guanidine groups is 1. The Morgan fingerprint density at radius 1 is 1.29 bits per heavy atom. The lowest BCUT2D eigenvalue weighted by Gasteiger charge is -2.38. The Kier molecular flexibility index (Phi) is 6.78. The van der Waals surface area contributed by atoms with Crippen molar-refractivity contribution in [1.82, 2.24) is 10.2 Å². The molecule has 1 saturated heterocycles. The van der Waals surface area contributed by atoms with E-state index in [-0.39, 0.29) is 24.0 Å². The predicted molar refractivity (Wildman–Crippen MR) is 114 cm³/mol. The molecule has 0 amide bonds. The molecule has 1 spiro atoms. The maximum absolute atomic E-state index is 4.51. The summed E-state index contributed by atoms with van der Waals surface area (Å²) in [6.07, 6.45) is 5.58. The molecule has 1 aromatic carbocycles. The van der Waals surface area contributed by atoms with Gasteiger partial charge in [-0.2, -0.15) is 0 Å². The monoisotopic (exact) mass is 442 g/mol. The number of rotatable bonds is 4. The topological polar surface area (TPSA) is 30.9 Å². The first-order valence-electron chi connectivity index (χ1n) is 8.87. The Morgan fingerprint density at radius 3 is 2.54 bits per heavy atom. The number of anilines is 1. The normalized spacial score (nSPS) is 20.3. The fraction of sp³-hybridized carbons (Fsp3) is 0.632. The van der Waals surface area contributed by atoms with Gasteiger partial charge in [-0.15, -0.1) is 24.0 Å². The third kappa shape index (κ3) is 4.16. The molecule has 1 heterocycles. The summed E-state index contributed by atoms with van der Waals surface area (Å²) in [6, 6.07) is 11.0. The lowest BCUT2D eigenvalue weighted by atomic mass is 9.68. The number of likely N-dealkylation sites (tertiary alicyclic amines) is 1. The molecule has 134 valence electrons.